The maximum Gasteiger partial charge on any atom is 0.162 e. The summed E-state index contributed by atoms with van der Waals surface area (Å²) in [5.41, 5.74) is 6.75. The van der Waals surface area contributed by atoms with Gasteiger partial charge in [0.2, 0.25) is 0 Å². The van der Waals surface area contributed by atoms with Crippen LogP contribution in [0.2, 0.25) is 0 Å². The van der Waals surface area contributed by atoms with Crippen LogP contribution in [-0.4, -0.2) is 21.0 Å². The van der Waals surface area contributed by atoms with Crippen molar-refractivity contribution in [3.05, 3.63) is 71.4 Å². The van der Waals surface area contributed by atoms with Gasteiger partial charge in [-0.25, -0.2) is 4.98 Å². The zero-order valence-electron chi connectivity index (χ0n) is 14.9. The second kappa shape index (κ2) is 6.50. The average molecular weight is 352 g/mol. The number of nitrogens with zero attached hydrogens (tertiary/aromatic N) is 3. The van der Waals surface area contributed by atoms with Crippen molar-refractivity contribution in [1.82, 2.24) is 15.2 Å². The molecule has 4 aromatic rings. The minimum Gasteiger partial charge on any atom is -0.294 e. The number of carbonyl (C=O) groups is 1. The van der Waals surface area contributed by atoms with Crippen molar-refractivity contribution in [3.8, 4) is 28.5 Å². The van der Waals surface area contributed by atoms with Gasteiger partial charge in [0.1, 0.15) is 5.52 Å². The lowest BCUT2D eigenvalue weighted by Crippen LogP contribution is -2.03. The number of Topliss-reactive ketones (excluding diaryl/α,β-unsaturated/α-hetero) is 1. The third-order valence-corrected chi connectivity index (χ3v) is 4.57. The first kappa shape index (κ1) is 16.7. The minimum atomic E-state index is -0.0700. The van der Waals surface area contributed by atoms with Gasteiger partial charge in [0.05, 0.1) is 34.6 Å². The van der Waals surface area contributed by atoms with E-state index in [1.165, 1.54) is 0 Å². The summed E-state index contributed by atoms with van der Waals surface area (Å²) in [6.45, 7) is 3.57. The summed E-state index contributed by atoms with van der Waals surface area (Å²) in [7, 11) is 0. The number of nitrogens with one attached hydrogen (secondary N) is 1. The molecule has 5 nitrogen and oxygen atoms in total. The molecule has 0 amide bonds. The number of hydrogen-bond acceptors (Lipinski definition) is 4. The number of rotatable bonds is 3. The molecule has 5 heteroatoms. The van der Waals surface area contributed by atoms with E-state index in [0.29, 0.717) is 22.2 Å². The molecule has 4 rings (SSSR count). The average Bonchev–Trinajstić information content (AvgIpc) is 3.15. The Morgan fingerprint density at radius 3 is 2.33 bits per heavy atom. The molecule has 0 spiro atoms. The van der Waals surface area contributed by atoms with Crippen LogP contribution in [0.4, 0.5) is 0 Å². The van der Waals surface area contributed by atoms with E-state index < -0.39 is 0 Å². The highest BCUT2D eigenvalue weighted by Crippen LogP contribution is 2.37. The molecule has 2 heterocycles. The number of carbonyl (C=O) groups excluding carboxylic acids is 1. The Kier molecular flexibility index (Phi) is 4.02. The fourth-order valence-electron chi connectivity index (χ4n) is 3.23. The standard InChI is InChI=1S/C22H16N4O/c1-13-3-7-17(8-4-13)21-20(16-9-5-15(11-23)6-10-16)19(14(2)27)22-18(25-21)12-24-26-22/h3-10,12H,1-2H3,(H,24,26). The Morgan fingerprint density at radius 2 is 1.70 bits per heavy atom. The van der Waals surface area contributed by atoms with Gasteiger partial charge in [-0.05, 0) is 31.5 Å². The fraction of sp³-hybridized carbons (Fsp3) is 0.0909. The molecule has 2 aromatic carbocycles. The predicted octanol–water partition coefficient (Wildman–Crippen LogP) is 4.67. The SMILES string of the molecule is CC(=O)c1c(-c2ccc(C#N)cc2)c(-c2ccc(C)cc2)nc2cn[nH]c12. The van der Waals surface area contributed by atoms with Crippen LogP contribution >= 0.6 is 0 Å². The zero-order chi connectivity index (χ0) is 19.0. The molecule has 0 fully saturated rings. The molecule has 0 aliphatic carbocycles. The van der Waals surface area contributed by atoms with Crippen LogP contribution in [0.25, 0.3) is 33.4 Å². The molecular weight excluding hydrogens is 336 g/mol. The summed E-state index contributed by atoms with van der Waals surface area (Å²) < 4.78 is 0. The van der Waals surface area contributed by atoms with Gasteiger partial charge in [0.25, 0.3) is 0 Å². The molecule has 0 saturated carbocycles. The summed E-state index contributed by atoms with van der Waals surface area (Å²) in [6.07, 6.45) is 1.63. The van der Waals surface area contributed by atoms with E-state index in [1.807, 2.05) is 43.3 Å². The van der Waals surface area contributed by atoms with Crippen molar-refractivity contribution >= 4 is 16.8 Å². The lowest BCUT2D eigenvalue weighted by atomic mass is 9.91. The summed E-state index contributed by atoms with van der Waals surface area (Å²) in [5, 5.41) is 16.1. The van der Waals surface area contributed by atoms with E-state index in [-0.39, 0.29) is 5.78 Å². The smallest absolute Gasteiger partial charge is 0.162 e. The number of H-pyrrole nitrogens is 1. The molecular formula is C22H16N4O. The molecule has 0 bridgehead atoms. The Morgan fingerprint density at radius 1 is 1.04 bits per heavy atom. The molecule has 0 aliphatic rings. The van der Waals surface area contributed by atoms with E-state index in [9.17, 15) is 4.79 Å². The van der Waals surface area contributed by atoms with Gasteiger partial charge < -0.3 is 0 Å². The van der Waals surface area contributed by atoms with Crippen molar-refractivity contribution in [3.63, 3.8) is 0 Å². The van der Waals surface area contributed by atoms with E-state index >= 15 is 0 Å². The predicted molar refractivity (Wildman–Crippen MR) is 104 cm³/mol. The summed E-state index contributed by atoms with van der Waals surface area (Å²) >= 11 is 0. The number of aromatic nitrogens is 3. The van der Waals surface area contributed by atoms with Gasteiger partial charge in [0, 0.05) is 11.1 Å². The Bertz CT molecular complexity index is 1200. The van der Waals surface area contributed by atoms with Gasteiger partial charge in [-0.3, -0.25) is 9.89 Å². The number of nitriles is 1. The molecule has 130 valence electrons. The molecule has 0 aliphatic heterocycles. The Hall–Kier alpha value is -3.78. The fourth-order valence-corrected chi connectivity index (χ4v) is 3.23. The highest BCUT2D eigenvalue weighted by Gasteiger charge is 2.22. The van der Waals surface area contributed by atoms with Gasteiger partial charge in [-0.2, -0.15) is 10.4 Å². The number of pyridine rings is 1. The first-order valence-corrected chi connectivity index (χ1v) is 8.54. The molecule has 2 aromatic heterocycles. The van der Waals surface area contributed by atoms with Crippen LogP contribution in [-0.2, 0) is 0 Å². The van der Waals surface area contributed by atoms with Crippen LogP contribution in [0.3, 0.4) is 0 Å². The van der Waals surface area contributed by atoms with Crippen molar-refractivity contribution in [1.29, 1.82) is 5.26 Å². The third kappa shape index (κ3) is 2.87. The topological polar surface area (TPSA) is 82.4 Å². The molecule has 27 heavy (non-hydrogen) atoms. The quantitative estimate of drug-likeness (QED) is 0.543. The number of hydrogen-bond donors (Lipinski definition) is 1. The van der Waals surface area contributed by atoms with Crippen molar-refractivity contribution in [2.75, 3.05) is 0 Å². The van der Waals surface area contributed by atoms with Crippen LogP contribution in [0.5, 0.6) is 0 Å². The number of benzene rings is 2. The number of ketones is 1. The summed E-state index contributed by atoms with van der Waals surface area (Å²) in [4.78, 5) is 17.4. The van der Waals surface area contributed by atoms with Gasteiger partial charge >= 0.3 is 0 Å². The first-order chi connectivity index (χ1) is 13.1. The molecule has 1 N–H and O–H groups in total. The monoisotopic (exact) mass is 352 g/mol. The van der Waals surface area contributed by atoms with Gasteiger partial charge in [-0.1, -0.05) is 42.0 Å². The highest BCUT2D eigenvalue weighted by atomic mass is 16.1. The lowest BCUT2D eigenvalue weighted by Gasteiger charge is -2.15. The second-order valence-corrected chi connectivity index (χ2v) is 6.45. The zero-order valence-corrected chi connectivity index (χ0v) is 14.9. The molecule has 0 unspecified atom stereocenters. The van der Waals surface area contributed by atoms with Crippen LogP contribution in [0, 0.1) is 18.3 Å². The highest BCUT2D eigenvalue weighted by molar-refractivity contribution is 6.13. The Balaban J connectivity index is 2.10. The molecule has 0 radical (unpaired) electrons. The largest absolute Gasteiger partial charge is 0.294 e. The van der Waals surface area contributed by atoms with Crippen LogP contribution in [0.15, 0.2) is 54.7 Å². The number of aromatic amines is 1. The van der Waals surface area contributed by atoms with Gasteiger partial charge in [0.15, 0.2) is 5.78 Å². The number of fused-ring (bicyclic) bond motifs is 1. The van der Waals surface area contributed by atoms with Crippen LogP contribution in [0.1, 0.15) is 28.4 Å². The number of aryl methyl sites for hydroxylation is 1. The van der Waals surface area contributed by atoms with E-state index in [1.54, 1.807) is 25.3 Å². The minimum absolute atomic E-state index is 0.0700. The maximum atomic E-state index is 12.6. The van der Waals surface area contributed by atoms with E-state index in [0.717, 1.165) is 27.9 Å². The van der Waals surface area contributed by atoms with Crippen molar-refractivity contribution in [2.24, 2.45) is 0 Å². The van der Waals surface area contributed by atoms with Crippen molar-refractivity contribution < 1.29 is 4.79 Å². The summed E-state index contributed by atoms with van der Waals surface area (Å²) in [5.74, 6) is -0.0700. The van der Waals surface area contributed by atoms with Gasteiger partial charge in [-0.15, -0.1) is 0 Å². The van der Waals surface area contributed by atoms with E-state index in [2.05, 4.69) is 16.3 Å². The second-order valence-electron chi connectivity index (χ2n) is 6.45. The normalized spacial score (nSPS) is 10.7. The maximum absolute atomic E-state index is 12.6. The molecule has 0 saturated heterocycles. The third-order valence-electron chi connectivity index (χ3n) is 4.57. The van der Waals surface area contributed by atoms with Crippen LogP contribution < -0.4 is 0 Å². The molecule has 0 atom stereocenters. The van der Waals surface area contributed by atoms with Crippen molar-refractivity contribution in [2.45, 2.75) is 13.8 Å². The Labute approximate surface area is 156 Å². The lowest BCUT2D eigenvalue weighted by molar-refractivity contribution is 0.101. The van der Waals surface area contributed by atoms with E-state index in [4.69, 9.17) is 10.2 Å². The summed E-state index contributed by atoms with van der Waals surface area (Å²) in [6, 6.07) is 17.4. The first-order valence-electron chi connectivity index (χ1n) is 8.54.